The summed E-state index contributed by atoms with van der Waals surface area (Å²) in [6.07, 6.45) is 57.8. The third kappa shape index (κ3) is 46.7. The molecule has 6 unspecified atom stereocenters. The average Bonchev–Trinajstić information content (AvgIpc) is 3.54. The molecule has 1 aliphatic heterocycles. The van der Waals surface area contributed by atoms with Crippen molar-refractivity contribution in [2.75, 3.05) is 13.2 Å². The highest BCUT2D eigenvalue weighted by Crippen LogP contribution is 2.27. The van der Waals surface area contributed by atoms with Crippen molar-refractivity contribution in [1.82, 2.24) is 0 Å². The fourth-order valence-corrected chi connectivity index (χ4v) is 10.2. The van der Waals surface area contributed by atoms with E-state index < -0.39 is 67.3 Å². The summed E-state index contributed by atoms with van der Waals surface area (Å²) in [6.45, 7) is 5.95. The number of carbonyl (C=O) groups excluding carboxylic acids is 3. The second kappa shape index (κ2) is 57.1. The lowest BCUT2D eigenvalue weighted by atomic mass is 9.98. The van der Waals surface area contributed by atoms with Gasteiger partial charge in [0.05, 0.1) is 6.61 Å². The Kier molecular flexibility index (Phi) is 53.4. The predicted molar refractivity (Wildman–Crippen MR) is 331 cm³/mol. The molecule has 0 aliphatic carbocycles. The zero-order valence-corrected chi connectivity index (χ0v) is 52.0. The van der Waals surface area contributed by atoms with Crippen molar-refractivity contribution >= 4 is 23.9 Å². The molecule has 1 aliphatic rings. The third-order valence-electron chi connectivity index (χ3n) is 15.3. The van der Waals surface area contributed by atoms with Crippen LogP contribution in [0, 0.1) is 0 Å². The highest BCUT2D eigenvalue weighted by molar-refractivity contribution is 5.74. The molecule has 0 saturated carbocycles. The molecule has 0 bridgehead atoms. The number of hydrogen-bond donors (Lipinski definition) is 3. The quantitative estimate of drug-likeness (QED) is 0.0228. The molecular formula is C69H122O12. The molecule has 1 rings (SSSR count). The lowest BCUT2D eigenvalue weighted by Gasteiger charge is -2.40. The third-order valence-corrected chi connectivity index (χ3v) is 15.3. The van der Waals surface area contributed by atoms with Crippen LogP contribution in [0.15, 0.2) is 48.6 Å². The van der Waals surface area contributed by atoms with E-state index in [4.69, 9.17) is 23.7 Å². The van der Waals surface area contributed by atoms with Crippen molar-refractivity contribution in [3.63, 3.8) is 0 Å². The molecule has 1 heterocycles. The van der Waals surface area contributed by atoms with E-state index in [9.17, 15) is 34.5 Å². The Labute approximate surface area is 494 Å². The maximum atomic E-state index is 13.2. The first-order valence-electron chi connectivity index (χ1n) is 33.6. The molecule has 0 aromatic heterocycles. The summed E-state index contributed by atoms with van der Waals surface area (Å²) in [5.41, 5.74) is 0. The first kappa shape index (κ1) is 75.7. The van der Waals surface area contributed by atoms with Crippen LogP contribution in [0.1, 0.15) is 316 Å². The number of aliphatic hydroxyl groups is 2. The van der Waals surface area contributed by atoms with E-state index in [2.05, 4.69) is 69.4 Å². The average molecular weight is 1140 g/mol. The monoisotopic (exact) mass is 1140 g/mol. The zero-order chi connectivity index (χ0) is 58.9. The Morgan fingerprint density at radius 1 is 0.407 bits per heavy atom. The summed E-state index contributed by atoms with van der Waals surface area (Å²) >= 11 is 0. The van der Waals surface area contributed by atoms with Crippen molar-refractivity contribution in [1.29, 1.82) is 0 Å². The Morgan fingerprint density at radius 2 is 0.765 bits per heavy atom. The lowest BCUT2D eigenvalue weighted by molar-refractivity contribution is -0.301. The number of rotatable bonds is 58. The summed E-state index contributed by atoms with van der Waals surface area (Å²) in [5, 5.41) is 31.6. The number of hydrogen-bond acceptors (Lipinski definition) is 11. The first-order valence-corrected chi connectivity index (χ1v) is 33.6. The highest BCUT2D eigenvalue weighted by atomic mass is 16.7. The highest BCUT2D eigenvalue weighted by Gasteiger charge is 2.50. The van der Waals surface area contributed by atoms with Crippen LogP contribution in [0.2, 0.25) is 0 Å². The van der Waals surface area contributed by atoms with Gasteiger partial charge in [0.25, 0.3) is 0 Å². The van der Waals surface area contributed by atoms with Gasteiger partial charge in [0.1, 0.15) is 18.8 Å². The van der Waals surface area contributed by atoms with Gasteiger partial charge in [-0.05, 0) is 96.3 Å². The number of ether oxygens (including phenoxy) is 5. The second-order valence-electron chi connectivity index (χ2n) is 23.1. The maximum Gasteiger partial charge on any atom is 0.335 e. The molecule has 12 heteroatoms. The van der Waals surface area contributed by atoms with Crippen LogP contribution in [0.5, 0.6) is 0 Å². The number of allylic oxidation sites excluding steroid dienone is 8. The van der Waals surface area contributed by atoms with Gasteiger partial charge in [-0.15, -0.1) is 0 Å². The summed E-state index contributed by atoms with van der Waals surface area (Å²) in [7, 11) is 0. The molecule has 6 atom stereocenters. The molecule has 1 saturated heterocycles. The molecule has 0 radical (unpaired) electrons. The fourth-order valence-electron chi connectivity index (χ4n) is 10.2. The largest absolute Gasteiger partial charge is 0.479 e. The van der Waals surface area contributed by atoms with Crippen LogP contribution in [0.25, 0.3) is 0 Å². The second-order valence-corrected chi connectivity index (χ2v) is 23.1. The topological polar surface area (TPSA) is 175 Å². The molecule has 0 aromatic carbocycles. The van der Waals surface area contributed by atoms with E-state index in [1.807, 2.05) is 0 Å². The molecule has 81 heavy (non-hydrogen) atoms. The maximum absolute atomic E-state index is 13.2. The summed E-state index contributed by atoms with van der Waals surface area (Å²) in [6, 6.07) is 0. The van der Waals surface area contributed by atoms with E-state index in [-0.39, 0.29) is 25.9 Å². The number of aliphatic hydroxyl groups excluding tert-OH is 2. The van der Waals surface area contributed by atoms with Gasteiger partial charge in [-0.1, -0.05) is 249 Å². The van der Waals surface area contributed by atoms with Crippen molar-refractivity contribution < 1.29 is 58.2 Å². The number of esters is 3. The fraction of sp³-hybridized carbons (Fsp3) is 0.826. The SMILES string of the molecule is CCC/C=C\C/C=C\CCCCCCCC(=O)OC(COC(=O)CCCCCCCCCCC/C=C\CCCCCCCC)COC1OC(C(=O)O)C(O)C(O)C1OC(=O)CCCCCCCCCCC/C=C\CCCCCCCC. The summed E-state index contributed by atoms with van der Waals surface area (Å²) in [4.78, 5) is 51.3. The number of carboxylic acids is 1. The minimum atomic E-state index is -1.91. The molecule has 3 N–H and O–H groups in total. The molecule has 0 amide bonds. The Morgan fingerprint density at radius 3 is 1.17 bits per heavy atom. The van der Waals surface area contributed by atoms with Gasteiger partial charge in [0.15, 0.2) is 24.6 Å². The number of aliphatic carboxylic acids is 1. The van der Waals surface area contributed by atoms with Crippen LogP contribution in [-0.4, -0.2) is 89.2 Å². The van der Waals surface area contributed by atoms with E-state index >= 15 is 0 Å². The smallest absolute Gasteiger partial charge is 0.335 e. The van der Waals surface area contributed by atoms with Crippen LogP contribution < -0.4 is 0 Å². The molecule has 12 nitrogen and oxygen atoms in total. The molecule has 470 valence electrons. The van der Waals surface area contributed by atoms with Crippen LogP contribution in [0.3, 0.4) is 0 Å². The lowest BCUT2D eigenvalue weighted by Crippen LogP contribution is -2.61. The van der Waals surface area contributed by atoms with Crippen LogP contribution >= 0.6 is 0 Å². The van der Waals surface area contributed by atoms with E-state index in [0.29, 0.717) is 19.3 Å². The van der Waals surface area contributed by atoms with Gasteiger partial charge in [-0.2, -0.15) is 0 Å². The predicted octanol–water partition coefficient (Wildman–Crippen LogP) is 18.1. The van der Waals surface area contributed by atoms with E-state index in [0.717, 1.165) is 103 Å². The molecular weight excluding hydrogens is 1020 g/mol. The summed E-state index contributed by atoms with van der Waals surface area (Å²) in [5.74, 6) is -3.12. The van der Waals surface area contributed by atoms with Gasteiger partial charge in [-0.25, -0.2) is 4.79 Å². The zero-order valence-electron chi connectivity index (χ0n) is 52.0. The minimum absolute atomic E-state index is 0.0582. The Balaban J connectivity index is 2.62. The van der Waals surface area contributed by atoms with Crippen LogP contribution in [-0.2, 0) is 42.9 Å². The van der Waals surface area contributed by atoms with Gasteiger partial charge in [0, 0.05) is 19.3 Å². The number of carbonyl (C=O) groups is 4. The van der Waals surface area contributed by atoms with Crippen molar-refractivity contribution in [2.45, 2.75) is 353 Å². The normalized spacial score (nSPS) is 18.0. The van der Waals surface area contributed by atoms with Crippen molar-refractivity contribution in [2.24, 2.45) is 0 Å². The Hall–Kier alpha value is -3.32. The molecule has 1 fully saturated rings. The Bertz CT molecular complexity index is 1590. The number of carboxylic acid groups (broad SMARTS) is 1. The molecule has 0 spiro atoms. The van der Waals surface area contributed by atoms with Gasteiger partial charge < -0.3 is 39.0 Å². The van der Waals surface area contributed by atoms with E-state index in [1.54, 1.807) is 0 Å². The van der Waals surface area contributed by atoms with Gasteiger partial charge >= 0.3 is 23.9 Å². The summed E-state index contributed by atoms with van der Waals surface area (Å²) < 4.78 is 28.5. The van der Waals surface area contributed by atoms with Crippen molar-refractivity contribution in [3.05, 3.63) is 48.6 Å². The van der Waals surface area contributed by atoms with Crippen LogP contribution in [0.4, 0.5) is 0 Å². The standard InChI is InChI=1S/C69H122O12/c1-4-7-10-13-16-19-22-25-27-29-31-33-35-38-40-43-46-49-52-55-61(70)77-58-60(79-62(71)56-53-50-47-44-41-37-24-21-18-15-12-9-6-3)59-78-69-67(65(74)64(73)66(81-69)68(75)76)80-63(72)57-54-51-48-45-42-39-36-34-32-30-28-26-23-20-17-14-11-8-5-2/h12,15,21,24-28,60,64-67,69,73-74H,4-11,13-14,16-20,22-23,29-59H2,1-3H3,(H,75,76)/b15-12-,24-21-,27-25-,28-26-. The first-order chi connectivity index (χ1) is 39.6. The molecule has 0 aromatic rings. The van der Waals surface area contributed by atoms with Gasteiger partial charge in [-0.3, -0.25) is 14.4 Å². The minimum Gasteiger partial charge on any atom is -0.479 e. The van der Waals surface area contributed by atoms with Crippen molar-refractivity contribution in [3.8, 4) is 0 Å². The van der Waals surface area contributed by atoms with E-state index in [1.165, 1.54) is 154 Å². The number of unbranched alkanes of at least 4 members (excludes halogenated alkanes) is 36. The van der Waals surface area contributed by atoms with Gasteiger partial charge in [0.2, 0.25) is 0 Å².